The van der Waals surface area contributed by atoms with Crippen molar-refractivity contribution >= 4 is 37.3 Å². The Balaban J connectivity index is 2.77. The summed E-state index contributed by atoms with van der Waals surface area (Å²) in [6.07, 6.45) is -3.60. The zero-order valence-electron chi connectivity index (χ0n) is 15.9. The van der Waals surface area contributed by atoms with Crippen molar-refractivity contribution in [3.8, 4) is 17.5 Å². The average molecular weight is 505 g/mol. The molecule has 0 aliphatic carbocycles. The van der Waals surface area contributed by atoms with E-state index in [1.807, 2.05) is 0 Å². The lowest BCUT2D eigenvalue weighted by molar-refractivity contribution is -0.153. The van der Waals surface area contributed by atoms with Gasteiger partial charge < -0.3 is 4.74 Å². The molecular weight excluding hydrogens is 492 g/mol. The lowest BCUT2D eigenvalue weighted by Gasteiger charge is -2.21. The molecule has 0 fully saturated rings. The van der Waals surface area contributed by atoms with Crippen molar-refractivity contribution in [1.82, 2.24) is 9.78 Å². The molecule has 0 amide bonds. The molecular formula is C15H13ClF4N4O5S2. The topological polar surface area (TPSA) is 122 Å². The number of aromatic nitrogens is 2. The SMILES string of the molecule is Cc1nn(-c2cc(N(S(C)(=O)=O)S(C)(=O)=O)c(Cl)cc2F)c(C#N)c1OCC(F)(F)F. The molecule has 1 aromatic heterocycles. The van der Waals surface area contributed by atoms with Crippen LogP contribution in [0.3, 0.4) is 0 Å². The van der Waals surface area contributed by atoms with Crippen LogP contribution in [-0.2, 0) is 20.0 Å². The summed E-state index contributed by atoms with van der Waals surface area (Å²) in [5.74, 6) is -1.75. The van der Waals surface area contributed by atoms with Crippen molar-refractivity contribution in [3.05, 3.63) is 34.4 Å². The van der Waals surface area contributed by atoms with Crippen molar-refractivity contribution in [2.75, 3.05) is 22.8 Å². The average Bonchev–Trinajstić information content (AvgIpc) is 2.87. The van der Waals surface area contributed by atoms with E-state index in [1.165, 1.54) is 13.0 Å². The van der Waals surface area contributed by atoms with Crippen molar-refractivity contribution in [1.29, 1.82) is 5.26 Å². The first kappa shape index (κ1) is 24.7. The summed E-state index contributed by atoms with van der Waals surface area (Å²) in [7, 11) is -8.92. The van der Waals surface area contributed by atoms with E-state index in [2.05, 4.69) is 9.84 Å². The first-order chi connectivity index (χ1) is 14.0. The lowest BCUT2D eigenvalue weighted by Crippen LogP contribution is -2.35. The zero-order chi connectivity index (χ0) is 23.9. The summed E-state index contributed by atoms with van der Waals surface area (Å²) in [6, 6.07) is 2.78. The molecule has 0 aliphatic heterocycles. The van der Waals surface area contributed by atoms with Gasteiger partial charge in [0.1, 0.15) is 17.5 Å². The number of nitriles is 1. The second-order valence-corrected chi connectivity index (χ2v) is 10.5. The normalized spacial score (nSPS) is 12.5. The van der Waals surface area contributed by atoms with Crippen LogP contribution in [0.15, 0.2) is 12.1 Å². The van der Waals surface area contributed by atoms with Gasteiger partial charge in [0.25, 0.3) is 0 Å². The van der Waals surface area contributed by atoms with E-state index >= 15 is 0 Å². The Bertz CT molecular complexity index is 1250. The summed E-state index contributed by atoms with van der Waals surface area (Å²) in [6.45, 7) is -0.560. The number of benzene rings is 1. The Morgan fingerprint density at radius 2 is 1.77 bits per heavy atom. The Labute approximate surface area is 179 Å². The van der Waals surface area contributed by atoms with E-state index in [9.17, 15) is 39.7 Å². The Kier molecular flexibility index (Phi) is 6.51. The van der Waals surface area contributed by atoms with Crippen LogP contribution in [0, 0.1) is 24.1 Å². The zero-order valence-corrected chi connectivity index (χ0v) is 18.3. The quantitative estimate of drug-likeness (QED) is 0.554. The van der Waals surface area contributed by atoms with Gasteiger partial charge in [0.2, 0.25) is 20.0 Å². The van der Waals surface area contributed by atoms with Gasteiger partial charge in [-0.1, -0.05) is 11.6 Å². The summed E-state index contributed by atoms with van der Waals surface area (Å²) in [4.78, 5) is 0. The lowest BCUT2D eigenvalue weighted by atomic mass is 10.2. The van der Waals surface area contributed by atoms with E-state index in [-0.39, 0.29) is 9.40 Å². The van der Waals surface area contributed by atoms with E-state index in [4.69, 9.17) is 11.6 Å². The fourth-order valence-electron chi connectivity index (χ4n) is 2.54. The van der Waals surface area contributed by atoms with E-state index in [1.54, 1.807) is 0 Å². The van der Waals surface area contributed by atoms with Crippen LogP contribution in [0.1, 0.15) is 11.4 Å². The molecule has 0 aliphatic rings. The van der Waals surface area contributed by atoms with E-state index < -0.39 is 66.5 Å². The number of ether oxygens (including phenoxy) is 1. The molecule has 0 spiro atoms. The van der Waals surface area contributed by atoms with E-state index in [0.717, 1.165) is 0 Å². The molecule has 0 N–H and O–H groups in total. The molecule has 9 nitrogen and oxygen atoms in total. The molecule has 0 saturated carbocycles. The van der Waals surface area contributed by atoms with Gasteiger partial charge in [-0.05, 0) is 19.1 Å². The van der Waals surface area contributed by atoms with Gasteiger partial charge in [0.15, 0.2) is 23.9 Å². The smallest absolute Gasteiger partial charge is 0.422 e. The minimum Gasteiger partial charge on any atom is -0.479 e. The minimum atomic E-state index is -4.73. The summed E-state index contributed by atoms with van der Waals surface area (Å²) < 4.78 is 105. The van der Waals surface area contributed by atoms with Gasteiger partial charge in [0, 0.05) is 0 Å². The highest BCUT2D eigenvalue weighted by molar-refractivity contribution is 8.09. The monoisotopic (exact) mass is 504 g/mol. The fraction of sp³-hybridized carbons (Fsp3) is 0.333. The number of aryl methyl sites for hydroxylation is 1. The van der Waals surface area contributed by atoms with Crippen LogP contribution in [0.2, 0.25) is 5.02 Å². The molecule has 0 bridgehead atoms. The standard InChI is InChI=1S/C15H13ClF4N4O5S2/c1-8-14(29-7-15(18,19)20)13(6-21)23(22-8)12-5-11(9(16)4-10(12)17)24(30(2,25)26)31(3,27)28/h4-5H,7H2,1-3H3. The highest BCUT2D eigenvalue weighted by Crippen LogP contribution is 2.35. The van der Waals surface area contributed by atoms with Gasteiger partial charge >= 0.3 is 6.18 Å². The summed E-state index contributed by atoms with van der Waals surface area (Å²) in [5, 5.41) is 12.5. The number of rotatable bonds is 6. The van der Waals surface area contributed by atoms with Gasteiger partial charge in [-0.15, -0.1) is 0 Å². The molecule has 31 heavy (non-hydrogen) atoms. The van der Waals surface area contributed by atoms with Crippen LogP contribution in [0.5, 0.6) is 5.75 Å². The number of halogens is 5. The highest BCUT2D eigenvalue weighted by atomic mass is 35.5. The molecule has 2 rings (SSSR count). The van der Waals surface area contributed by atoms with Gasteiger partial charge in [0.05, 0.1) is 23.2 Å². The molecule has 2 aromatic rings. The van der Waals surface area contributed by atoms with Crippen LogP contribution >= 0.6 is 11.6 Å². The first-order valence-corrected chi connectivity index (χ1v) is 11.9. The van der Waals surface area contributed by atoms with Crippen molar-refractivity contribution in [3.63, 3.8) is 0 Å². The predicted molar refractivity (Wildman–Crippen MR) is 102 cm³/mol. The molecule has 0 radical (unpaired) electrons. The maximum atomic E-state index is 14.6. The van der Waals surface area contributed by atoms with Crippen LogP contribution in [-0.4, -0.2) is 51.9 Å². The van der Waals surface area contributed by atoms with Crippen LogP contribution < -0.4 is 8.45 Å². The highest BCUT2D eigenvalue weighted by Gasteiger charge is 2.33. The maximum Gasteiger partial charge on any atom is 0.422 e. The molecule has 16 heteroatoms. The third-order valence-corrected chi connectivity index (χ3v) is 7.06. The second kappa shape index (κ2) is 8.17. The number of hydrogen-bond donors (Lipinski definition) is 0. The van der Waals surface area contributed by atoms with E-state index in [0.29, 0.717) is 29.3 Å². The van der Waals surface area contributed by atoms with Crippen molar-refractivity contribution in [2.24, 2.45) is 0 Å². The molecule has 0 unspecified atom stereocenters. The predicted octanol–water partition coefficient (Wildman–Crippen LogP) is 2.51. The summed E-state index contributed by atoms with van der Waals surface area (Å²) >= 11 is 5.85. The van der Waals surface area contributed by atoms with Gasteiger partial charge in [-0.2, -0.15) is 27.2 Å². The Morgan fingerprint density at radius 3 is 2.23 bits per heavy atom. The third kappa shape index (κ3) is 5.38. The minimum absolute atomic E-state index is 0.0608. The molecule has 0 saturated heterocycles. The van der Waals surface area contributed by atoms with Crippen LogP contribution in [0.4, 0.5) is 23.2 Å². The number of sulfonamides is 2. The molecule has 0 atom stereocenters. The number of nitrogens with zero attached hydrogens (tertiary/aromatic N) is 4. The van der Waals surface area contributed by atoms with Crippen molar-refractivity contribution in [2.45, 2.75) is 13.1 Å². The molecule has 170 valence electrons. The van der Waals surface area contributed by atoms with Gasteiger partial charge in [-0.3, -0.25) is 0 Å². The fourth-order valence-corrected chi connectivity index (χ4v) is 5.86. The van der Waals surface area contributed by atoms with Gasteiger partial charge in [-0.25, -0.2) is 25.9 Å². The number of hydrogen-bond acceptors (Lipinski definition) is 7. The Morgan fingerprint density at radius 1 is 1.23 bits per heavy atom. The summed E-state index contributed by atoms with van der Waals surface area (Å²) in [5.41, 5.74) is -2.19. The Hall–Kier alpha value is -2.57. The molecule has 1 heterocycles. The molecule has 1 aromatic carbocycles. The third-order valence-electron chi connectivity index (χ3n) is 3.54. The maximum absolute atomic E-state index is 14.6. The second-order valence-electron chi connectivity index (χ2n) is 6.17. The largest absolute Gasteiger partial charge is 0.479 e. The van der Waals surface area contributed by atoms with Crippen molar-refractivity contribution < 1.29 is 39.1 Å². The number of alkyl halides is 3. The first-order valence-electron chi connectivity index (χ1n) is 7.86. The number of anilines is 1. The van der Waals surface area contributed by atoms with Crippen LogP contribution in [0.25, 0.3) is 5.69 Å².